The van der Waals surface area contributed by atoms with Crippen LogP contribution >= 0.6 is 0 Å². The maximum atomic E-state index is 11.6. The highest BCUT2D eigenvalue weighted by atomic mass is 16.2. The van der Waals surface area contributed by atoms with Gasteiger partial charge in [-0.05, 0) is 32.4 Å². The molecule has 4 heteroatoms. The van der Waals surface area contributed by atoms with Crippen LogP contribution in [0, 0.1) is 0 Å². The van der Waals surface area contributed by atoms with Crippen molar-refractivity contribution < 1.29 is 4.79 Å². The van der Waals surface area contributed by atoms with Crippen molar-refractivity contribution in [3.8, 4) is 0 Å². The molecule has 2 saturated heterocycles. The number of carbonyl (C=O) groups excluding carboxylic acids is 1. The molecule has 2 aliphatic heterocycles. The van der Waals surface area contributed by atoms with Gasteiger partial charge >= 0.3 is 0 Å². The molecule has 0 radical (unpaired) electrons. The summed E-state index contributed by atoms with van der Waals surface area (Å²) in [5, 5.41) is 0. The maximum absolute atomic E-state index is 11.6. The SMILES string of the molecule is NC1CCC(=O)N(CCN2CCCC2)C1. The molecule has 0 aliphatic carbocycles. The Kier molecular flexibility index (Phi) is 3.59. The van der Waals surface area contributed by atoms with E-state index in [4.69, 9.17) is 5.73 Å². The molecule has 2 heterocycles. The molecular formula is C11H21N3O. The first kappa shape index (κ1) is 10.9. The summed E-state index contributed by atoms with van der Waals surface area (Å²) >= 11 is 0. The highest BCUT2D eigenvalue weighted by Crippen LogP contribution is 2.11. The largest absolute Gasteiger partial charge is 0.340 e. The number of hydrogen-bond acceptors (Lipinski definition) is 3. The third-order valence-corrected chi connectivity index (χ3v) is 3.42. The normalized spacial score (nSPS) is 28.7. The Hall–Kier alpha value is -0.610. The fraction of sp³-hybridized carbons (Fsp3) is 0.909. The van der Waals surface area contributed by atoms with E-state index in [1.165, 1.54) is 25.9 Å². The first-order chi connectivity index (χ1) is 7.25. The Morgan fingerprint density at radius 1 is 1.27 bits per heavy atom. The first-order valence-electron chi connectivity index (χ1n) is 6.01. The first-order valence-corrected chi connectivity index (χ1v) is 6.01. The lowest BCUT2D eigenvalue weighted by atomic mass is 10.1. The molecule has 1 amide bonds. The Bertz CT molecular complexity index is 226. The van der Waals surface area contributed by atoms with Crippen LogP contribution in [-0.4, -0.2) is 54.5 Å². The summed E-state index contributed by atoms with van der Waals surface area (Å²) in [4.78, 5) is 16.0. The van der Waals surface area contributed by atoms with Crippen LogP contribution in [-0.2, 0) is 4.79 Å². The van der Waals surface area contributed by atoms with Gasteiger partial charge in [-0.3, -0.25) is 4.79 Å². The fourth-order valence-electron chi connectivity index (χ4n) is 2.43. The molecule has 0 spiro atoms. The Labute approximate surface area is 91.4 Å². The van der Waals surface area contributed by atoms with Crippen LogP contribution in [0.5, 0.6) is 0 Å². The summed E-state index contributed by atoms with van der Waals surface area (Å²) in [6.45, 7) is 5.06. The molecule has 0 bridgehead atoms. The van der Waals surface area contributed by atoms with E-state index in [9.17, 15) is 4.79 Å². The zero-order chi connectivity index (χ0) is 10.7. The number of nitrogens with two attached hydrogens (primary N) is 1. The maximum Gasteiger partial charge on any atom is 0.222 e. The molecule has 1 unspecified atom stereocenters. The lowest BCUT2D eigenvalue weighted by Gasteiger charge is -2.31. The number of nitrogens with zero attached hydrogens (tertiary/aromatic N) is 2. The molecule has 2 aliphatic rings. The molecule has 2 N–H and O–H groups in total. The summed E-state index contributed by atoms with van der Waals surface area (Å²) in [6, 6.07) is 0.196. The van der Waals surface area contributed by atoms with Gasteiger partial charge in [-0.1, -0.05) is 0 Å². The lowest BCUT2D eigenvalue weighted by molar-refractivity contribution is -0.133. The van der Waals surface area contributed by atoms with Crippen LogP contribution in [0.15, 0.2) is 0 Å². The van der Waals surface area contributed by atoms with Crippen LogP contribution in [0.4, 0.5) is 0 Å². The molecule has 0 aromatic carbocycles. The molecule has 1 atom stereocenters. The zero-order valence-corrected chi connectivity index (χ0v) is 9.32. The minimum Gasteiger partial charge on any atom is -0.340 e. The van der Waals surface area contributed by atoms with Crippen LogP contribution < -0.4 is 5.73 Å². The van der Waals surface area contributed by atoms with E-state index in [0.717, 1.165) is 26.1 Å². The predicted molar refractivity (Wildman–Crippen MR) is 59.5 cm³/mol. The third-order valence-electron chi connectivity index (χ3n) is 3.42. The van der Waals surface area contributed by atoms with Gasteiger partial charge in [0.2, 0.25) is 5.91 Å². The monoisotopic (exact) mass is 211 g/mol. The highest BCUT2D eigenvalue weighted by molar-refractivity contribution is 5.77. The van der Waals surface area contributed by atoms with Gasteiger partial charge in [-0.25, -0.2) is 0 Å². The quantitative estimate of drug-likeness (QED) is 0.716. The van der Waals surface area contributed by atoms with Crippen molar-refractivity contribution in [2.24, 2.45) is 5.73 Å². The van der Waals surface area contributed by atoms with Crippen molar-refractivity contribution in [2.45, 2.75) is 31.7 Å². The number of hydrogen-bond donors (Lipinski definition) is 1. The number of carbonyl (C=O) groups is 1. The average molecular weight is 211 g/mol. The molecule has 2 fully saturated rings. The summed E-state index contributed by atoms with van der Waals surface area (Å²) in [5.41, 5.74) is 5.86. The van der Waals surface area contributed by atoms with Gasteiger partial charge in [0.1, 0.15) is 0 Å². The van der Waals surface area contributed by atoms with E-state index in [1.54, 1.807) is 0 Å². The highest BCUT2D eigenvalue weighted by Gasteiger charge is 2.23. The molecule has 4 nitrogen and oxygen atoms in total. The van der Waals surface area contributed by atoms with E-state index in [1.807, 2.05) is 4.90 Å². The number of rotatable bonds is 3. The fourth-order valence-corrected chi connectivity index (χ4v) is 2.43. The topological polar surface area (TPSA) is 49.6 Å². The van der Waals surface area contributed by atoms with Gasteiger partial charge in [0.25, 0.3) is 0 Å². The standard InChI is InChI=1S/C11H21N3O/c12-10-3-4-11(15)14(9-10)8-7-13-5-1-2-6-13/h10H,1-9,12H2. The molecule has 15 heavy (non-hydrogen) atoms. The van der Waals surface area contributed by atoms with E-state index in [0.29, 0.717) is 6.42 Å². The van der Waals surface area contributed by atoms with Gasteiger partial charge < -0.3 is 15.5 Å². The summed E-state index contributed by atoms with van der Waals surface area (Å²) in [6.07, 6.45) is 4.13. The molecule has 2 rings (SSSR count). The van der Waals surface area contributed by atoms with E-state index >= 15 is 0 Å². The Morgan fingerprint density at radius 2 is 2.00 bits per heavy atom. The second kappa shape index (κ2) is 4.94. The van der Waals surface area contributed by atoms with Gasteiger partial charge in [-0.15, -0.1) is 0 Å². The smallest absolute Gasteiger partial charge is 0.222 e. The van der Waals surface area contributed by atoms with Crippen molar-refractivity contribution in [1.82, 2.24) is 9.80 Å². The summed E-state index contributed by atoms with van der Waals surface area (Å²) in [7, 11) is 0. The van der Waals surface area contributed by atoms with Gasteiger partial charge in [0.05, 0.1) is 0 Å². The molecule has 0 saturated carbocycles. The van der Waals surface area contributed by atoms with Crippen molar-refractivity contribution in [1.29, 1.82) is 0 Å². The van der Waals surface area contributed by atoms with Gasteiger partial charge in [0.15, 0.2) is 0 Å². The molecule has 86 valence electrons. The number of amides is 1. The van der Waals surface area contributed by atoms with Crippen molar-refractivity contribution in [3.05, 3.63) is 0 Å². The van der Waals surface area contributed by atoms with Crippen molar-refractivity contribution >= 4 is 5.91 Å². The van der Waals surface area contributed by atoms with Gasteiger partial charge in [0, 0.05) is 32.1 Å². The van der Waals surface area contributed by atoms with Gasteiger partial charge in [-0.2, -0.15) is 0 Å². The lowest BCUT2D eigenvalue weighted by Crippen LogP contribution is -2.48. The van der Waals surface area contributed by atoms with Crippen LogP contribution in [0.25, 0.3) is 0 Å². The minimum atomic E-state index is 0.196. The van der Waals surface area contributed by atoms with Crippen LogP contribution in [0.3, 0.4) is 0 Å². The molecular weight excluding hydrogens is 190 g/mol. The second-order valence-electron chi connectivity index (χ2n) is 4.69. The zero-order valence-electron chi connectivity index (χ0n) is 9.32. The van der Waals surface area contributed by atoms with E-state index in [2.05, 4.69) is 4.90 Å². The third kappa shape index (κ3) is 2.92. The van der Waals surface area contributed by atoms with Crippen LogP contribution in [0.1, 0.15) is 25.7 Å². The van der Waals surface area contributed by atoms with E-state index < -0.39 is 0 Å². The Balaban J connectivity index is 1.74. The predicted octanol–water partition coefficient (Wildman–Crippen LogP) is 0.0319. The number of likely N-dealkylation sites (tertiary alicyclic amines) is 2. The minimum absolute atomic E-state index is 0.196. The summed E-state index contributed by atoms with van der Waals surface area (Å²) < 4.78 is 0. The summed E-state index contributed by atoms with van der Waals surface area (Å²) in [5.74, 6) is 0.288. The second-order valence-corrected chi connectivity index (χ2v) is 4.69. The Morgan fingerprint density at radius 3 is 2.73 bits per heavy atom. The van der Waals surface area contributed by atoms with Crippen molar-refractivity contribution in [2.75, 3.05) is 32.7 Å². The molecule has 0 aromatic rings. The number of piperidine rings is 1. The van der Waals surface area contributed by atoms with Crippen LogP contribution in [0.2, 0.25) is 0 Å². The molecule has 0 aromatic heterocycles. The average Bonchev–Trinajstić information content (AvgIpc) is 2.72. The van der Waals surface area contributed by atoms with Crippen molar-refractivity contribution in [3.63, 3.8) is 0 Å². The van der Waals surface area contributed by atoms with E-state index in [-0.39, 0.29) is 11.9 Å².